The Labute approximate surface area is 166 Å². The van der Waals surface area contributed by atoms with Crippen molar-refractivity contribution in [2.45, 2.75) is 32.8 Å². The molecule has 0 bridgehead atoms. The maximum Gasteiger partial charge on any atom is 0.313 e. The van der Waals surface area contributed by atoms with Crippen molar-refractivity contribution in [2.75, 3.05) is 13.2 Å². The summed E-state index contributed by atoms with van der Waals surface area (Å²) >= 11 is 0. The second kappa shape index (κ2) is 13.2. The van der Waals surface area contributed by atoms with Crippen molar-refractivity contribution in [2.24, 2.45) is 0 Å². The number of esters is 2. The maximum absolute atomic E-state index is 11.4. The molecule has 0 amide bonds. The fraction of sp³-hybridized carbons (Fsp3) is 0.318. The van der Waals surface area contributed by atoms with Gasteiger partial charge in [0.05, 0.1) is 25.7 Å². The van der Waals surface area contributed by atoms with Crippen molar-refractivity contribution in [3.63, 3.8) is 0 Å². The van der Waals surface area contributed by atoms with E-state index in [0.717, 1.165) is 5.56 Å². The molecule has 0 heterocycles. The summed E-state index contributed by atoms with van der Waals surface area (Å²) in [4.78, 5) is 33.5. The standard InChI is InChI=1S/C11H14O3.C11H12O3.H2/c2*1-2-14-11(13)8-10(12)9-6-4-3-5-7-9;/h3-7,10,12H,2,8H2,1H3;3-7H,2,8H2,1H3;1H/t10-;;/m1../s1. The number of hydrogen-bond acceptors (Lipinski definition) is 6. The molecule has 2 rings (SSSR count). The molecule has 6 heteroatoms. The zero-order chi connectivity index (χ0) is 20.8. The summed E-state index contributed by atoms with van der Waals surface area (Å²) in [5.41, 5.74) is 1.28. The van der Waals surface area contributed by atoms with Gasteiger partial charge in [-0.25, -0.2) is 0 Å². The largest absolute Gasteiger partial charge is 0.466 e. The van der Waals surface area contributed by atoms with E-state index in [9.17, 15) is 19.5 Å². The Morgan fingerprint density at radius 3 is 1.89 bits per heavy atom. The molecular formula is C22H28O6. The van der Waals surface area contributed by atoms with E-state index in [0.29, 0.717) is 18.8 Å². The summed E-state index contributed by atoms with van der Waals surface area (Å²) in [6.45, 7) is 4.11. The topological polar surface area (TPSA) is 89.9 Å². The number of ketones is 1. The van der Waals surface area contributed by atoms with Crippen LogP contribution in [0.15, 0.2) is 60.7 Å². The first-order chi connectivity index (χ1) is 13.5. The Bertz CT molecular complexity index is 733. The van der Waals surface area contributed by atoms with E-state index >= 15 is 0 Å². The van der Waals surface area contributed by atoms with Crippen molar-refractivity contribution in [1.29, 1.82) is 0 Å². The Morgan fingerprint density at radius 2 is 1.36 bits per heavy atom. The lowest BCUT2D eigenvalue weighted by molar-refractivity contribution is -0.145. The van der Waals surface area contributed by atoms with Crippen LogP contribution in [0, 0.1) is 0 Å². The van der Waals surface area contributed by atoms with Crippen LogP contribution in [0.2, 0.25) is 0 Å². The van der Waals surface area contributed by atoms with Crippen LogP contribution < -0.4 is 0 Å². The van der Waals surface area contributed by atoms with Crippen molar-refractivity contribution in [3.05, 3.63) is 71.8 Å². The molecule has 0 radical (unpaired) electrons. The minimum absolute atomic E-state index is 0. The molecule has 0 fully saturated rings. The first kappa shape index (κ1) is 23.0. The van der Waals surface area contributed by atoms with Crippen LogP contribution in [0.25, 0.3) is 0 Å². The lowest BCUT2D eigenvalue weighted by atomic mass is 10.1. The Balaban J connectivity index is 0.000000523. The zero-order valence-corrected chi connectivity index (χ0v) is 16.2. The van der Waals surface area contributed by atoms with E-state index in [4.69, 9.17) is 4.74 Å². The smallest absolute Gasteiger partial charge is 0.313 e. The van der Waals surface area contributed by atoms with Crippen LogP contribution in [0.4, 0.5) is 0 Å². The van der Waals surface area contributed by atoms with Gasteiger partial charge in [-0.05, 0) is 19.4 Å². The summed E-state index contributed by atoms with van der Waals surface area (Å²) in [6.07, 6.45) is -0.939. The van der Waals surface area contributed by atoms with Gasteiger partial charge in [-0.3, -0.25) is 14.4 Å². The Hall–Kier alpha value is -2.99. The number of rotatable bonds is 8. The van der Waals surface area contributed by atoms with Gasteiger partial charge in [0, 0.05) is 6.99 Å². The molecule has 0 aliphatic carbocycles. The lowest BCUT2D eigenvalue weighted by Crippen LogP contribution is -2.11. The highest BCUT2D eigenvalue weighted by molar-refractivity contribution is 6.05. The molecule has 0 unspecified atom stereocenters. The minimum atomic E-state index is -0.768. The number of Topliss-reactive ketones (excluding diaryl/α,β-unsaturated/α-hetero) is 1. The van der Waals surface area contributed by atoms with Crippen LogP contribution in [0.1, 0.15) is 50.1 Å². The first-order valence-electron chi connectivity index (χ1n) is 9.10. The SMILES string of the molecule is CCOC(=O)CC(=O)c1ccccc1.CCOC(=O)C[C@@H](O)c1ccccc1.[HH]. The lowest BCUT2D eigenvalue weighted by Gasteiger charge is -2.09. The molecular weight excluding hydrogens is 360 g/mol. The van der Waals surface area contributed by atoms with E-state index in [1.54, 1.807) is 50.2 Å². The molecule has 6 nitrogen and oxygen atoms in total. The van der Waals surface area contributed by atoms with Crippen molar-refractivity contribution < 1.29 is 30.4 Å². The molecule has 0 aliphatic heterocycles. The molecule has 1 atom stereocenters. The predicted molar refractivity (Wildman–Crippen MR) is 107 cm³/mol. The number of ether oxygens (including phenoxy) is 2. The fourth-order valence-corrected chi connectivity index (χ4v) is 2.24. The third-order valence-electron chi connectivity index (χ3n) is 3.56. The Morgan fingerprint density at radius 1 is 0.857 bits per heavy atom. The number of aliphatic hydroxyl groups excluding tert-OH is 1. The summed E-state index contributed by atoms with van der Waals surface area (Å²) in [7, 11) is 0. The highest BCUT2D eigenvalue weighted by atomic mass is 16.5. The molecule has 152 valence electrons. The van der Waals surface area contributed by atoms with E-state index in [1.165, 1.54) is 0 Å². The fourth-order valence-electron chi connectivity index (χ4n) is 2.24. The first-order valence-corrected chi connectivity index (χ1v) is 9.10. The third-order valence-corrected chi connectivity index (χ3v) is 3.56. The normalized spacial score (nSPS) is 10.8. The molecule has 0 saturated heterocycles. The molecule has 1 N–H and O–H groups in total. The van der Waals surface area contributed by atoms with E-state index in [2.05, 4.69) is 4.74 Å². The van der Waals surface area contributed by atoms with Crippen molar-refractivity contribution in [1.82, 2.24) is 0 Å². The quantitative estimate of drug-likeness (QED) is 0.421. The second-order valence-electron chi connectivity index (χ2n) is 5.71. The van der Waals surface area contributed by atoms with Crippen molar-refractivity contribution in [3.8, 4) is 0 Å². The van der Waals surface area contributed by atoms with Gasteiger partial charge in [-0.15, -0.1) is 0 Å². The van der Waals surface area contributed by atoms with E-state index in [-0.39, 0.29) is 26.0 Å². The molecule has 0 saturated carbocycles. The molecule has 0 aromatic heterocycles. The van der Waals surface area contributed by atoms with Gasteiger partial charge >= 0.3 is 11.9 Å². The predicted octanol–water partition coefficient (Wildman–Crippen LogP) is 3.74. The molecule has 0 spiro atoms. The second-order valence-corrected chi connectivity index (χ2v) is 5.71. The van der Waals surface area contributed by atoms with E-state index in [1.807, 2.05) is 24.3 Å². The van der Waals surface area contributed by atoms with Gasteiger partial charge in [-0.1, -0.05) is 60.7 Å². The van der Waals surface area contributed by atoms with Gasteiger partial charge in [-0.2, -0.15) is 0 Å². The van der Waals surface area contributed by atoms with Gasteiger partial charge in [0.15, 0.2) is 5.78 Å². The van der Waals surface area contributed by atoms with Crippen LogP contribution in [0.3, 0.4) is 0 Å². The van der Waals surface area contributed by atoms with Crippen molar-refractivity contribution >= 4 is 17.7 Å². The van der Waals surface area contributed by atoms with Gasteiger partial charge in [0.25, 0.3) is 0 Å². The minimum Gasteiger partial charge on any atom is -0.466 e. The molecule has 28 heavy (non-hydrogen) atoms. The third kappa shape index (κ3) is 9.09. The molecule has 0 aliphatic rings. The maximum atomic E-state index is 11.4. The summed E-state index contributed by atoms with van der Waals surface area (Å²) in [5, 5.41) is 9.62. The van der Waals surface area contributed by atoms with Crippen LogP contribution >= 0.6 is 0 Å². The number of aliphatic hydroxyl groups is 1. The average Bonchev–Trinajstić information content (AvgIpc) is 2.70. The monoisotopic (exact) mass is 388 g/mol. The highest BCUT2D eigenvalue weighted by Crippen LogP contribution is 2.16. The number of benzene rings is 2. The summed E-state index contributed by atoms with van der Waals surface area (Å²) in [6, 6.07) is 17.8. The zero-order valence-electron chi connectivity index (χ0n) is 16.2. The molecule has 2 aromatic rings. The average molecular weight is 388 g/mol. The highest BCUT2D eigenvalue weighted by Gasteiger charge is 2.13. The number of hydrogen-bond donors (Lipinski definition) is 1. The number of carbonyl (C=O) groups excluding carboxylic acids is 3. The number of carbonyl (C=O) groups is 3. The van der Waals surface area contributed by atoms with E-state index < -0.39 is 12.1 Å². The van der Waals surface area contributed by atoms with Crippen LogP contribution in [-0.4, -0.2) is 36.0 Å². The van der Waals surface area contributed by atoms with Gasteiger partial charge in [0.2, 0.25) is 0 Å². The molecule has 2 aromatic carbocycles. The van der Waals surface area contributed by atoms with Crippen LogP contribution in [0.5, 0.6) is 0 Å². The summed E-state index contributed by atoms with van der Waals surface area (Å²) < 4.78 is 9.41. The van der Waals surface area contributed by atoms with Gasteiger partial charge in [0.1, 0.15) is 6.42 Å². The van der Waals surface area contributed by atoms with Gasteiger partial charge < -0.3 is 14.6 Å². The van der Waals surface area contributed by atoms with Crippen LogP contribution in [-0.2, 0) is 19.1 Å². The summed E-state index contributed by atoms with van der Waals surface area (Å²) in [5.74, 6) is -1.05. The Kier molecular flexibility index (Phi) is 10.9.